The van der Waals surface area contributed by atoms with Gasteiger partial charge in [0.2, 0.25) is 0 Å². The van der Waals surface area contributed by atoms with Gasteiger partial charge in [0.05, 0.1) is 6.26 Å². The summed E-state index contributed by atoms with van der Waals surface area (Å²) >= 11 is 0. The van der Waals surface area contributed by atoms with Crippen LogP contribution in [-0.4, -0.2) is 20.9 Å². The summed E-state index contributed by atoms with van der Waals surface area (Å²) in [5, 5.41) is 14.4. The van der Waals surface area contributed by atoms with Crippen LogP contribution in [0.25, 0.3) is 55.4 Å². The first-order valence-corrected chi connectivity index (χ1v) is 17.4. The molecule has 265 valence electrons. The molecular formula is C43H49IrN2O4-. The second-order valence-corrected chi connectivity index (χ2v) is 14.5. The van der Waals surface area contributed by atoms with Crippen LogP contribution in [0.4, 0.5) is 0 Å². The van der Waals surface area contributed by atoms with Gasteiger partial charge in [-0.2, -0.15) is 0 Å². The summed E-state index contributed by atoms with van der Waals surface area (Å²) in [6.45, 7) is 18.8. The number of allylic oxidation sites excluding steroid dienone is 2. The minimum atomic E-state index is -0.337. The number of carbonyl (C=O) groups is 1. The fourth-order valence-electron chi connectivity index (χ4n) is 6.00. The molecule has 6 nitrogen and oxygen atoms in total. The Morgan fingerprint density at radius 3 is 2.06 bits per heavy atom. The molecular weight excluding hydrogens is 801 g/mol. The van der Waals surface area contributed by atoms with E-state index in [1.54, 1.807) is 12.5 Å². The van der Waals surface area contributed by atoms with Crippen molar-refractivity contribution in [3.8, 4) is 22.7 Å². The van der Waals surface area contributed by atoms with Crippen LogP contribution in [0.3, 0.4) is 0 Å². The fraction of sp³-hybridized carbons (Fsp3) is 0.372. The van der Waals surface area contributed by atoms with Crippen molar-refractivity contribution in [2.24, 2.45) is 10.8 Å². The first kappa shape index (κ1) is 38.7. The predicted octanol–water partition coefficient (Wildman–Crippen LogP) is 12.2. The zero-order chi connectivity index (χ0) is 35.6. The molecule has 1 N–H and O–H groups in total. The summed E-state index contributed by atoms with van der Waals surface area (Å²) in [5.74, 6) is 0.945. The quantitative estimate of drug-likeness (QED) is 0.0885. The molecule has 6 aromatic rings. The summed E-state index contributed by atoms with van der Waals surface area (Å²) < 4.78 is 12.0. The topological polar surface area (TPSA) is 89.4 Å². The minimum Gasteiger partial charge on any atom is -0.512 e. The Morgan fingerprint density at radius 1 is 0.800 bits per heavy atom. The first-order chi connectivity index (χ1) is 23.3. The largest absolute Gasteiger partial charge is 0.512 e. The normalized spacial score (nSPS) is 12.5. The van der Waals surface area contributed by atoms with E-state index in [1.807, 2.05) is 78.1 Å². The first-order valence-electron chi connectivity index (χ1n) is 17.4. The molecule has 4 aromatic heterocycles. The second kappa shape index (κ2) is 15.4. The Kier molecular flexibility index (Phi) is 12.0. The van der Waals surface area contributed by atoms with Crippen LogP contribution >= 0.6 is 0 Å². The van der Waals surface area contributed by atoms with Gasteiger partial charge in [-0.15, -0.1) is 29.1 Å². The average molecular weight is 850 g/mol. The molecule has 0 saturated heterocycles. The van der Waals surface area contributed by atoms with E-state index in [0.29, 0.717) is 17.0 Å². The number of benzene rings is 2. The van der Waals surface area contributed by atoms with Crippen molar-refractivity contribution < 1.29 is 38.8 Å². The van der Waals surface area contributed by atoms with E-state index in [1.165, 1.54) is 17.0 Å². The number of aromatic nitrogens is 2. The summed E-state index contributed by atoms with van der Waals surface area (Å²) in [5.41, 5.74) is 4.45. The Balaban J connectivity index is 0.000000269. The Morgan fingerprint density at radius 2 is 1.42 bits per heavy atom. The predicted molar refractivity (Wildman–Crippen MR) is 201 cm³/mol. The maximum Gasteiger partial charge on any atom is 0.164 e. The monoisotopic (exact) mass is 850 g/mol. The molecule has 4 heterocycles. The molecule has 0 saturated carbocycles. The van der Waals surface area contributed by atoms with E-state index in [-0.39, 0.29) is 47.9 Å². The number of aliphatic hydroxyl groups excluding tert-OH is 1. The number of hydrogen-bond donors (Lipinski definition) is 1. The molecule has 6 rings (SSSR count). The number of hydrogen-bond acceptors (Lipinski definition) is 6. The van der Waals surface area contributed by atoms with Gasteiger partial charge in [-0.25, -0.2) is 4.98 Å². The number of rotatable bonds is 9. The average Bonchev–Trinajstić information content (AvgIpc) is 3.78. The van der Waals surface area contributed by atoms with Crippen LogP contribution in [0.5, 0.6) is 0 Å². The van der Waals surface area contributed by atoms with Crippen LogP contribution in [0.2, 0.25) is 0 Å². The van der Waals surface area contributed by atoms with Crippen molar-refractivity contribution in [1.29, 1.82) is 0 Å². The molecule has 0 bridgehead atoms. The Hall–Kier alpha value is -4.06. The molecule has 0 aliphatic heterocycles. The van der Waals surface area contributed by atoms with Crippen molar-refractivity contribution >= 4 is 38.5 Å². The maximum atomic E-state index is 12.2. The third kappa shape index (κ3) is 7.65. The van der Waals surface area contributed by atoms with Gasteiger partial charge in [0.1, 0.15) is 17.0 Å². The minimum absolute atomic E-state index is 0. The molecule has 0 aliphatic rings. The van der Waals surface area contributed by atoms with Gasteiger partial charge in [0.25, 0.3) is 0 Å². The van der Waals surface area contributed by atoms with E-state index in [9.17, 15) is 9.90 Å². The third-order valence-corrected chi connectivity index (χ3v) is 10.5. The molecule has 0 atom stereocenters. The van der Waals surface area contributed by atoms with Gasteiger partial charge in [-0.1, -0.05) is 91.5 Å². The smallest absolute Gasteiger partial charge is 0.164 e. The van der Waals surface area contributed by atoms with Crippen LogP contribution in [-0.2, 0) is 30.3 Å². The van der Waals surface area contributed by atoms with Crippen LogP contribution < -0.4 is 0 Å². The van der Waals surface area contributed by atoms with Crippen molar-refractivity contribution in [3.05, 3.63) is 96.7 Å². The van der Waals surface area contributed by atoms with Crippen molar-refractivity contribution in [2.45, 2.75) is 93.4 Å². The molecule has 0 fully saturated rings. The second-order valence-electron chi connectivity index (χ2n) is 14.5. The third-order valence-electron chi connectivity index (χ3n) is 10.5. The van der Waals surface area contributed by atoms with E-state index >= 15 is 0 Å². The number of furan rings is 2. The molecule has 2 aromatic carbocycles. The van der Waals surface area contributed by atoms with Gasteiger partial charge < -0.3 is 13.9 Å². The Labute approximate surface area is 309 Å². The van der Waals surface area contributed by atoms with Gasteiger partial charge in [0.15, 0.2) is 17.1 Å². The summed E-state index contributed by atoms with van der Waals surface area (Å²) in [6, 6.07) is 21.9. The van der Waals surface area contributed by atoms with Gasteiger partial charge >= 0.3 is 0 Å². The zero-order valence-electron chi connectivity index (χ0n) is 30.7. The Bertz CT molecular complexity index is 2120. The maximum absolute atomic E-state index is 12.2. The number of fused-ring (bicyclic) bond motifs is 3. The van der Waals surface area contributed by atoms with E-state index in [4.69, 9.17) is 13.8 Å². The molecule has 0 unspecified atom stereocenters. The van der Waals surface area contributed by atoms with E-state index in [0.717, 1.165) is 58.7 Å². The van der Waals surface area contributed by atoms with E-state index < -0.39 is 0 Å². The number of pyridine rings is 2. The summed E-state index contributed by atoms with van der Waals surface area (Å²) in [6.07, 6.45) is 10.0. The van der Waals surface area contributed by atoms with Crippen molar-refractivity contribution in [2.75, 3.05) is 0 Å². The van der Waals surface area contributed by atoms with Crippen molar-refractivity contribution in [1.82, 2.24) is 9.97 Å². The van der Waals surface area contributed by atoms with Gasteiger partial charge in [-0.3, -0.25) is 9.78 Å². The van der Waals surface area contributed by atoms with Crippen LogP contribution in [0.15, 0.2) is 93.9 Å². The van der Waals surface area contributed by atoms with Gasteiger partial charge in [-0.05, 0) is 55.4 Å². The molecule has 1 radical (unpaired) electrons. The number of carbonyl (C=O) groups excluding carboxylic acids is 1. The van der Waals surface area contributed by atoms with Crippen LogP contribution in [0.1, 0.15) is 93.6 Å². The van der Waals surface area contributed by atoms with Crippen LogP contribution in [0, 0.1) is 16.9 Å². The standard InChI is InChI=1S/C28H21N2O2.C15H28O2.Ir/c1-28(2,3)22-15-20(14-18-6-4-5-7-21(18)22)24-27-19(9-12-29-24)16-23(32-27)25-26-17(8-11-30-25)10-13-31-26;1-7-14(5,8-2)12(16)11-13(17)15(6,9-3)10-4;/h4-13,15-16H,1-3H3;11,16H,7-10H2,1-6H3;/q-1;;/b;12-11-;. The summed E-state index contributed by atoms with van der Waals surface area (Å²) in [7, 11) is 0. The van der Waals surface area contributed by atoms with Gasteiger partial charge in [0, 0.05) is 65.9 Å². The molecule has 0 spiro atoms. The fourth-order valence-corrected chi connectivity index (χ4v) is 6.00. The molecule has 0 aliphatic carbocycles. The summed E-state index contributed by atoms with van der Waals surface area (Å²) in [4.78, 5) is 21.4. The van der Waals surface area contributed by atoms with Crippen molar-refractivity contribution in [3.63, 3.8) is 0 Å². The number of nitrogens with zero attached hydrogens (tertiary/aromatic N) is 2. The number of ketones is 1. The molecule has 0 amide bonds. The zero-order valence-corrected chi connectivity index (χ0v) is 33.1. The molecule has 7 heteroatoms. The molecule has 50 heavy (non-hydrogen) atoms. The SMILES string of the molecule is CC(C)(C)c1cc(-c2nccc3cc(-c4nccc5ccoc45)oc23)[c-]c2ccccc12.CCC(C)(CC)C(=O)/C=C(\O)C(C)(CC)CC.[Ir]. The van der Waals surface area contributed by atoms with E-state index in [2.05, 4.69) is 56.1 Å². The number of aliphatic hydroxyl groups is 1.